The van der Waals surface area contributed by atoms with Crippen LogP contribution in [0.15, 0.2) is 24.3 Å². The standard InChI is InChI=1S/C17H29NO2/c1-3-10-18-11-9-16-5-7-17(8-6-16)15-20-14-13-19-12-4-2/h5-8,18H,3-4,9-15H2,1-2H3. The molecule has 1 aromatic carbocycles. The summed E-state index contributed by atoms with van der Waals surface area (Å²) in [6.45, 7) is 9.31. The van der Waals surface area contributed by atoms with E-state index in [2.05, 4.69) is 43.4 Å². The Labute approximate surface area is 123 Å². The average Bonchev–Trinajstić information content (AvgIpc) is 2.49. The van der Waals surface area contributed by atoms with Crippen LogP contribution < -0.4 is 5.32 Å². The van der Waals surface area contributed by atoms with Gasteiger partial charge in [-0.25, -0.2) is 0 Å². The van der Waals surface area contributed by atoms with Crippen molar-refractivity contribution in [2.45, 2.75) is 39.7 Å². The van der Waals surface area contributed by atoms with E-state index in [1.807, 2.05) is 0 Å². The first kappa shape index (κ1) is 17.2. The Kier molecular flexibility index (Phi) is 10.2. The molecule has 0 saturated carbocycles. The molecule has 0 fully saturated rings. The van der Waals surface area contributed by atoms with Crippen molar-refractivity contribution in [3.05, 3.63) is 35.4 Å². The summed E-state index contributed by atoms with van der Waals surface area (Å²) in [4.78, 5) is 0. The number of benzene rings is 1. The molecule has 1 aromatic rings. The van der Waals surface area contributed by atoms with Gasteiger partial charge in [-0.15, -0.1) is 0 Å². The van der Waals surface area contributed by atoms with Gasteiger partial charge in [0.05, 0.1) is 19.8 Å². The fraction of sp³-hybridized carbons (Fsp3) is 0.647. The van der Waals surface area contributed by atoms with Gasteiger partial charge in [-0.2, -0.15) is 0 Å². The number of rotatable bonds is 12. The van der Waals surface area contributed by atoms with Crippen molar-refractivity contribution in [1.82, 2.24) is 5.32 Å². The number of ether oxygens (including phenoxy) is 2. The molecule has 20 heavy (non-hydrogen) atoms. The molecule has 114 valence electrons. The molecule has 0 atom stereocenters. The number of hydrogen-bond donors (Lipinski definition) is 1. The van der Waals surface area contributed by atoms with Crippen molar-refractivity contribution in [2.75, 3.05) is 32.9 Å². The maximum atomic E-state index is 5.58. The van der Waals surface area contributed by atoms with Crippen LogP contribution in [0.2, 0.25) is 0 Å². The van der Waals surface area contributed by atoms with Gasteiger partial charge in [-0.3, -0.25) is 0 Å². The summed E-state index contributed by atoms with van der Waals surface area (Å²) in [7, 11) is 0. The zero-order valence-corrected chi connectivity index (χ0v) is 13.0. The highest BCUT2D eigenvalue weighted by atomic mass is 16.5. The molecule has 0 heterocycles. The van der Waals surface area contributed by atoms with Crippen LogP contribution in [0.5, 0.6) is 0 Å². The number of hydrogen-bond acceptors (Lipinski definition) is 3. The number of nitrogens with one attached hydrogen (secondary N) is 1. The van der Waals surface area contributed by atoms with E-state index in [1.54, 1.807) is 0 Å². The van der Waals surface area contributed by atoms with Crippen LogP contribution in [-0.2, 0) is 22.5 Å². The van der Waals surface area contributed by atoms with Crippen LogP contribution >= 0.6 is 0 Å². The summed E-state index contributed by atoms with van der Waals surface area (Å²) in [5, 5.41) is 3.42. The van der Waals surface area contributed by atoms with Gasteiger partial charge in [0.15, 0.2) is 0 Å². The van der Waals surface area contributed by atoms with Crippen molar-refractivity contribution in [3.63, 3.8) is 0 Å². The Bertz CT molecular complexity index is 324. The van der Waals surface area contributed by atoms with Crippen LogP contribution in [0.3, 0.4) is 0 Å². The summed E-state index contributed by atoms with van der Waals surface area (Å²) >= 11 is 0. The van der Waals surface area contributed by atoms with Crippen LogP contribution in [0, 0.1) is 0 Å². The van der Waals surface area contributed by atoms with Gasteiger partial charge in [0.2, 0.25) is 0 Å². The first-order valence-electron chi connectivity index (χ1n) is 7.80. The lowest BCUT2D eigenvalue weighted by Crippen LogP contribution is -2.17. The molecule has 0 unspecified atom stereocenters. The normalized spacial score (nSPS) is 10.9. The molecule has 0 spiro atoms. The summed E-state index contributed by atoms with van der Waals surface area (Å²) in [6.07, 6.45) is 3.35. The SMILES string of the molecule is CCCNCCc1ccc(COCCOCCC)cc1. The zero-order valence-electron chi connectivity index (χ0n) is 13.0. The van der Waals surface area contributed by atoms with E-state index < -0.39 is 0 Å². The van der Waals surface area contributed by atoms with Gasteiger partial charge in [0.25, 0.3) is 0 Å². The third-order valence-corrected chi connectivity index (χ3v) is 3.03. The lowest BCUT2D eigenvalue weighted by Gasteiger charge is -2.07. The van der Waals surface area contributed by atoms with E-state index in [0.717, 1.165) is 32.5 Å². The first-order valence-corrected chi connectivity index (χ1v) is 7.80. The second-order valence-corrected chi connectivity index (χ2v) is 4.98. The first-order chi connectivity index (χ1) is 9.86. The average molecular weight is 279 g/mol. The highest BCUT2D eigenvalue weighted by molar-refractivity contribution is 5.22. The van der Waals surface area contributed by atoms with Gasteiger partial charge in [0.1, 0.15) is 0 Å². The lowest BCUT2D eigenvalue weighted by molar-refractivity contribution is 0.0408. The molecule has 0 aromatic heterocycles. The smallest absolute Gasteiger partial charge is 0.0718 e. The van der Waals surface area contributed by atoms with Crippen LogP contribution in [0.1, 0.15) is 37.8 Å². The molecule has 0 aliphatic heterocycles. The summed E-state index contributed by atoms with van der Waals surface area (Å²) < 4.78 is 11.0. The summed E-state index contributed by atoms with van der Waals surface area (Å²) in [5.41, 5.74) is 2.61. The molecule has 0 radical (unpaired) electrons. The van der Waals surface area contributed by atoms with E-state index in [1.165, 1.54) is 17.5 Å². The van der Waals surface area contributed by atoms with E-state index in [0.29, 0.717) is 19.8 Å². The second-order valence-electron chi connectivity index (χ2n) is 4.98. The minimum Gasteiger partial charge on any atom is -0.379 e. The van der Waals surface area contributed by atoms with Gasteiger partial charge < -0.3 is 14.8 Å². The van der Waals surface area contributed by atoms with E-state index in [-0.39, 0.29) is 0 Å². The Morgan fingerprint density at radius 3 is 2.20 bits per heavy atom. The van der Waals surface area contributed by atoms with Crippen molar-refractivity contribution in [1.29, 1.82) is 0 Å². The van der Waals surface area contributed by atoms with E-state index in [4.69, 9.17) is 9.47 Å². The van der Waals surface area contributed by atoms with Gasteiger partial charge in [-0.05, 0) is 43.5 Å². The highest BCUT2D eigenvalue weighted by Crippen LogP contribution is 2.06. The third-order valence-electron chi connectivity index (χ3n) is 3.03. The molecular weight excluding hydrogens is 250 g/mol. The molecule has 0 saturated heterocycles. The molecule has 0 aliphatic rings. The topological polar surface area (TPSA) is 30.5 Å². The van der Waals surface area contributed by atoms with Crippen molar-refractivity contribution >= 4 is 0 Å². The third kappa shape index (κ3) is 8.31. The van der Waals surface area contributed by atoms with Gasteiger partial charge >= 0.3 is 0 Å². The monoisotopic (exact) mass is 279 g/mol. The van der Waals surface area contributed by atoms with Crippen LogP contribution in [0.4, 0.5) is 0 Å². The molecule has 0 amide bonds. The van der Waals surface area contributed by atoms with Crippen molar-refractivity contribution < 1.29 is 9.47 Å². The molecule has 0 bridgehead atoms. The molecule has 0 aliphatic carbocycles. The van der Waals surface area contributed by atoms with Crippen molar-refractivity contribution in [3.8, 4) is 0 Å². The molecule has 3 heteroatoms. The largest absolute Gasteiger partial charge is 0.379 e. The lowest BCUT2D eigenvalue weighted by atomic mass is 10.1. The van der Waals surface area contributed by atoms with Gasteiger partial charge in [-0.1, -0.05) is 38.1 Å². The van der Waals surface area contributed by atoms with E-state index >= 15 is 0 Å². The highest BCUT2D eigenvalue weighted by Gasteiger charge is 1.96. The minimum atomic E-state index is 0.669. The fourth-order valence-corrected chi connectivity index (χ4v) is 1.89. The Morgan fingerprint density at radius 1 is 0.800 bits per heavy atom. The molecule has 3 nitrogen and oxygen atoms in total. The minimum absolute atomic E-state index is 0.669. The Hall–Kier alpha value is -0.900. The molecule has 1 N–H and O–H groups in total. The Morgan fingerprint density at radius 2 is 1.50 bits per heavy atom. The Balaban J connectivity index is 2.12. The van der Waals surface area contributed by atoms with Crippen molar-refractivity contribution in [2.24, 2.45) is 0 Å². The summed E-state index contributed by atoms with van der Waals surface area (Å²) in [6, 6.07) is 8.70. The second kappa shape index (κ2) is 11.9. The predicted octanol–water partition coefficient (Wildman–Crippen LogP) is 3.17. The maximum Gasteiger partial charge on any atom is 0.0718 e. The zero-order chi connectivity index (χ0) is 14.5. The van der Waals surface area contributed by atoms with Gasteiger partial charge in [0, 0.05) is 6.61 Å². The quantitative estimate of drug-likeness (QED) is 0.596. The predicted molar refractivity (Wildman–Crippen MR) is 84.1 cm³/mol. The fourth-order valence-electron chi connectivity index (χ4n) is 1.89. The van der Waals surface area contributed by atoms with E-state index in [9.17, 15) is 0 Å². The van der Waals surface area contributed by atoms with Crippen LogP contribution in [0.25, 0.3) is 0 Å². The summed E-state index contributed by atoms with van der Waals surface area (Å²) in [5.74, 6) is 0. The molecular formula is C17H29NO2. The maximum absolute atomic E-state index is 5.58. The molecule has 1 rings (SSSR count). The van der Waals surface area contributed by atoms with Crippen LogP contribution in [-0.4, -0.2) is 32.9 Å².